The number of anilines is 2. The van der Waals surface area contributed by atoms with Crippen molar-refractivity contribution < 1.29 is 23.8 Å². The summed E-state index contributed by atoms with van der Waals surface area (Å²) in [4.78, 5) is 30.3. The van der Waals surface area contributed by atoms with Gasteiger partial charge in [-0.3, -0.25) is 14.5 Å². The number of nitrogens with zero attached hydrogens (tertiary/aromatic N) is 2. The van der Waals surface area contributed by atoms with Crippen molar-refractivity contribution in [1.29, 1.82) is 0 Å². The van der Waals surface area contributed by atoms with Gasteiger partial charge in [-0.05, 0) is 79.6 Å². The minimum Gasteiger partial charge on any atom is -0.494 e. The van der Waals surface area contributed by atoms with E-state index in [4.69, 9.17) is 14.2 Å². The van der Waals surface area contributed by atoms with Gasteiger partial charge in [-0.15, -0.1) is 0 Å². The molecule has 0 fully saturated rings. The molecule has 0 spiro atoms. The van der Waals surface area contributed by atoms with Crippen molar-refractivity contribution in [1.82, 2.24) is 4.90 Å². The Balaban J connectivity index is 1.33. The largest absolute Gasteiger partial charge is 0.494 e. The van der Waals surface area contributed by atoms with E-state index in [1.165, 1.54) is 0 Å². The van der Waals surface area contributed by atoms with Gasteiger partial charge >= 0.3 is 0 Å². The van der Waals surface area contributed by atoms with E-state index in [0.29, 0.717) is 42.2 Å². The molecule has 1 atom stereocenters. The minimum absolute atomic E-state index is 0.0885. The third-order valence-electron chi connectivity index (χ3n) is 7.33. The molecule has 8 nitrogen and oxygen atoms in total. The smallest absolute Gasteiger partial charge is 0.260 e. The third-order valence-corrected chi connectivity index (χ3v) is 7.33. The van der Waals surface area contributed by atoms with Crippen molar-refractivity contribution in [3.63, 3.8) is 0 Å². The molecule has 1 aliphatic heterocycles. The fraction of sp³-hybridized carbons (Fsp3) is 0.235. The van der Waals surface area contributed by atoms with Crippen LogP contribution in [0, 0.1) is 0 Å². The van der Waals surface area contributed by atoms with Crippen LogP contribution in [0.5, 0.6) is 17.2 Å². The molecule has 0 bridgehead atoms. The maximum atomic E-state index is 13.5. The van der Waals surface area contributed by atoms with Crippen LogP contribution in [-0.2, 0) is 6.42 Å². The number of methoxy groups -OCH3 is 2. The number of rotatable bonds is 11. The summed E-state index contributed by atoms with van der Waals surface area (Å²) in [6.45, 7) is 3.03. The second kappa shape index (κ2) is 12.7. The van der Waals surface area contributed by atoms with E-state index in [0.717, 1.165) is 28.3 Å². The lowest BCUT2D eigenvalue weighted by Crippen LogP contribution is -2.32. The van der Waals surface area contributed by atoms with Gasteiger partial charge < -0.3 is 24.4 Å². The van der Waals surface area contributed by atoms with Gasteiger partial charge in [0.25, 0.3) is 11.8 Å². The van der Waals surface area contributed by atoms with E-state index in [-0.39, 0.29) is 11.8 Å². The Kier molecular flexibility index (Phi) is 8.62. The molecule has 0 aromatic heterocycles. The lowest BCUT2D eigenvalue weighted by Gasteiger charge is -2.27. The van der Waals surface area contributed by atoms with Gasteiger partial charge in [0.15, 0.2) is 11.5 Å². The molecule has 0 saturated carbocycles. The molecule has 216 valence electrons. The number of likely N-dealkylation sites (N-methyl/N-ethyl adjacent to an activating group) is 1. The standard InChI is InChI=1S/C34H35N3O5/c1-5-42-27-16-14-26(15-17-27)37-32(28-11-6-7-12-29(28)34(37)39)35-25-10-8-9-24(22-25)33(38)36(2)20-19-23-13-18-30(40-3)31(21-23)41-4/h6-18,21-22,32,35H,5,19-20H2,1-4H3. The van der Waals surface area contributed by atoms with E-state index in [1.807, 2.05) is 91.9 Å². The van der Waals surface area contributed by atoms with Gasteiger partial charge in [-0.2, -0.15) is 0 Å². The number of amides is 2. The summed E-state index contributed by atoms with van der Waals surface area (Å²) in [5.41, 5.74) is 4.60. The number of fused-ring (bicyclic) bond motifs is 1. The summed E-state index contributed by atoms with van der Waals surface area (Å²) in [6.07, 6.45) is 0.221. The van der Waals surface area contributed by atoms with E-state index in [9.17, 15) is 9.59 Å². The number of carbonyl (C=O) groups is 2. The quantitative estimate of drug-likeness (QED) is 0.234. The van der Waals surface area contributed by atoms with Crippen molar-refractivity contribution >= 4 is 23.2 Å². The zero-order valence-corrected chi connectivity index (χ0v) is 24.3. The highest BCUT2D eigenvalue weighted by molar-refractivity contribution is 6.11. The van der Waals surface area contributed by atoms with Crippen molar-refractivity contribution in [3.8, 4) is 17.2 Å². The molecule has 0 aliphatic carbocycles. The molecular formula is C34H35N3O5. The number of carbonyl (C=O) groups excluding carboxylic acids is 2. The Hall–Kier alpha value is -4.98. The van der Waals surface area contributed by atoms with E-state index < -0.39 is 6.17 Å². The monoisotopic (exact) mass is 565 g/mol. The Morgan fingerprint density at radius 1 is 0.905 bits per heavy atom. The highest BCUT2D eigenvalue weighted by Crippen LogP contribution is 2.38. The van der Waals surface area contributed by atoms with Gasteiger partial charge in [0, 0.05) is 41.7 Å². The topological polar surface area (TPSA) is 80.3 Å². The van der Waals surface area contributed by atoms with E-state index in [1.54, 1.807) is 37.1 Å². The zero-order chi connectivity index (χ0) is 29.6. The summed E-state index contributed by atoms with van der Waals surface area (Å²) in [7, 11) is 5.01. The van der Waals surface area contributed by atoms with Crippen LogP contribution in [-0.4, -0.2) is 51.1 Å². The SMILES string of the molecule is CCOc1ccc(N2C(=O)c3ccccc3C2Nc2cccc(C(=O)N(C)CCc3ccc(OC)c(OC)c3)c2)cc1. The van der Waals surface area contributed by atoms with Crippen LogP contribution in [0.2, 0.25) is 0 Å². The number of benzene rings is 4. The Morgan fingerprint density at radius 3 is 2.40 bits per heavy atom. The van der Waals surface area contributed by atoms with Gasteiger partial charge in [0.1, 0.15) is 11.9 Å². The molecule has 0 radical (unpaired) electrons. The van der Waals surface area contributed by atoms with Crippen LogP contribution in [0.25, 0.3) is 0 Å². The summed E-state index contributed by atoms with van der Waals surface area (Å²) >= 11 is 0. The first-order valence-corrected chi connectivity index (χ1v) is 13.9. The molecular weight excluding hydrogens is 530 g/mol. The van der Waals surface area contributed by atoms with Gasteiger partial charge in [0.2, 0.25) is 0 Å². The van der Waals surface area contributed by atoms with Crippen LogP contribution in [0.15, 0.2) is 91.0 Å². The van der Waals surface area contributed by atoms with Gasteiger partial charge in [-0.1, -0.05) is 30.3 Å². The van der Waals surface area contributed by atoms with Crippen LogP contribution >= 0.6 is 0 Å². The molecule has 1 aliphatic rings. The maximum Gasteiger partial charge on any atom is 0.260 e. The number of hydrogen-bond acceptors (Lipinski definition) is 6. The van der Waals surface area contributed by atoms with Crippen LogP contribution in [0.1, 0.15) is 44.9 Å². The average Bonchev–Trinajstić information content (AvgIpc) is 3.30. The fourth-order valence-corrected chi connectivity index (χ4v) is 5.15. The van der Waals surface area contributed by atoms with Gasteiger partial charge in [-0.25, -0.2) is 0 Å². The van der Waals surface area contributed by atoms with Crippen LogP contribution in [0.3, 0.4) is 0 Å². The van der Waals surface area contributed by atoms with Crippen molar-refractivity contribution in [2.45, 2.75) is 19.5 Å². The maximum absolute atomic E-state index is 13.5. The summed E-state index contributed by atoms with van der Waals surface area (Å²) in [5, 5.41) is 3.51. The first-order valence-electron chi connectivity index (χ1n) is 13.9. The van der Waals surface area contributed by atoms with Gasteiger partial charge in [0.05, 0.1) is 20.8 Å². The zero-order valence-electron chi connectivity index (χ0n) is 24.3. The minimum atomic E-state index is -0.445. The van der Waals surface area contributed by atoms with E-state index in [2.05, 4.69) is 5.32 Å². The Bertz CT molecular complexity index is 1570. The number of ether oxygens (including phenoxy) is 3. The van der Waals surface area contributed by atoms with Crippen molar-refractivity contribution in [2.75, 3.05) is 44.6 Å². The predicted molar refractivity (Wildman–Crippen MR) is 164 cm³/mol. The molecule has 42 heavy (non-hydrogen) atoms. The van der Waals surface area contributed by atoms with Crippen molar-refractivity contribution in [2.24, 2.45) is 0 Å². The highest BCUT2D eigenvalue weighted by Gasteiger charge is 2.37. The van der Waals surface area contributed by atoms with Crippen LogP contribution in [0.4, 0.5) is 11.4 Å². The molecule has 4 aromatic rings. The lowest BCUT2D eigenvalue weighted by atomic mass is 10.1. The normalized spacial score (nSPS) is 13.9. The summed E-state index contributed by atoms with van der Waals surface area (Å²) in [5.74, 6) is 1.90. The van der Waals surface area contributed by atoms with E-state index >= 15 is 0 Å². The average molecular weight is 566 g/mol. The first kappa shape index (κ1) is 28.5. The predicted octanol–water partition coefficient (Wildman–Crippen LogP) is 6.19. The summed E-state index contributed by atoms with van der Waals surface area (Å²) < 4.78 is 16.3. The molecule has 5 rings (SSSR count). The molecule has 8 heteroatoms. The summed E-state index contributed by atoms with van der Waals surface area (Å²) in [6, 6.07) is 28.2. The molecule has 2 amide bonds. The fourth-order valence-electron chi connectivity index (χ4n) is 5.15. The molecule has 1 unspecified atom stereocenters. The first-order chi connectivity index (χ1) is 20.4. The van der Waals surface area contributed by atoms with Crippen LogP contribution < -0.4 is 24.4 Å². The highest BCUT2D eigenvalue weighted by atomic mass is 16.5. The molecule has 1 heterocycles. The van der Waals surface area contributed by atoms with Crippen molar-refractivity contribution in [3.05, 3.63) is 113 Å². The second-order valence-electron chi connectivity index (χ2n) is 9.98. The third kappa shape index (κ3) is 5.88. The molecule has 1 N–H and O–H groups in total. The number of nitrogens with one attached hydrogen (secondary N) is 1. The Morgan fingerprint density at radius 2 is 1.67 bits per heavy atom. The second-order valence-corrected chi connectivity index (χ2v) is 9.98. The molecule has 4 aromatic carbocycles. The molecule has 0 saturated heterocycles. The lowest BCUT2D eigenvalue weighted by molar-refractivity contribution is 0.0796. The Labute approximate surface area is 246 Å². The number of hydrogen-bond donors (Lipinski definition) is 1.